The van der Waals surface area contributed by atoms with Gasteiger partial charge in [0.15, 0.2) is 0 Å². The summed E-state index contributed by atoms with van der Waals surface area (Å²) in [5.74, 6) is -2.00. The summed E-state index contributed by atoms with van der Waals surface area (Å²) in [4.78, 5) is 0. The van der Waals surface area contributed by atoms with Crippen LogP contribution >= 0.6 is 0 Å². The highest BCUT2D eigenvalue weighted by atomic mass is 19.1. The van der Waals surface area contributed by atoms with Crippen molar-refractivity contribution in [2.45, 2.75) is 0 Å². The van der Waals surface area contributed by atoms with E-state index >= 15 is 0 Å². The van der Waals surface area contributed by atoms with Crippen molar-refractivity contribution in [1.82, 2.24) is 0 Å². The molecule has 13 heavy (non-hydrogen) atoms. The van der Waals surface area contributed by atoms with Crippen molar-refractivity contribution in [3.8, 4) is 6.07 Å². The minimum atomic E-state index is -2.19. The molecule has 0 heterocycles. The molecule has 0 bridgehead atoms. The van der Waals surface area contributed by atoms with E-state index in [4.69, 9.17) is 15.3 Å². The highest BCUT2D eigenvalue weighted by Crippen LogP contribution is 2.06. The Kier molecular flexibility index (Phi) is 2.61. The lowest BCUT2D eigenvalue weighted by atomic mass is 9.76. The van der Waals surface area contributed by atoms with E-state index in [1.165, 1.54) is 6.07 Å². The molecule has 6 heteroatoms. The van der Waals surface area contributed by atoms with Gasteiger partial charge in [0.1, 0.15) is 17.7 Å². The van der Waals surface area contributed by atoms with Gasteiger partial charge >= 0.3 is 7.12 Å². The van der Waals surface area contributed by atoms with E-state index in [1.807, 2.05) is 0 Å². The molecule has 0 saturated heterocycles. The number of nitriles is 1. The largest absolute Gasteiger partial charge is 0.492 e. The summed E-state index contributed by atoms with van der Waals surface area (Å²) < 4.78 is 25.6. The van der Waals surface area contributed by atoms with E-state index in [1.54, 1.807) is 0 Å². The maximum absolute atomic E-state index is 12.8. The summed E-state index contributed by atoms with van der Waals surface area (Å²) in [6.45, 7) is 0. The van der Waals surface area contributed by atoms with Crippen molar-refractivity contribution in [2.75, 3.05) is 0 Å². The van der Waals surface area contributed by atoms with E-state index in [0.717, 1.165) is 12.1 Å². The van der Waals surface area contributed by atoms with Gasteiger partial charge < -0.3 is 10.0 Å². The number of hydrogen-bond donors (Lipinski definition) is 2. The van der Waals surface area contributed by atoms with Gasteiger partial charge in [-0.2, -0.15) is 5.26 Å². The Labute approximate surface area is 73.0 Å². The molecule has 0 fully saturated rings. The van der Waals surface area contributed by atoms with Gasteiger partial charge in [-0.05, 0) is 12.1 Å². The number of hydrogen-bond acceptors (Lipinski definition) is 3. The molecule has 0 aliphatic heterocycles. The molecule has 0 aliphatic rings. The monoisotopic (exact) mass is 183 g/mol. The summed E-state index contributed by atoms with van der Waals surface area (Å²) in [6, 6.07) is 2.83. The Morgan fingerprint density at radius 1 is 1.23 bits per heavy atom. The van der Waals surface area contributed by atoms with Gasteiger partial charge in [0.2, 0.25) is 0 Å². The lowest BCUT2D eigenvalue weighted by Crippen LogP contribution is -2.36. The van der Waals surface area contributed by atoms with Crippen molar-refractivity contribution in [3.05, 3.63) is 29.3 Å². The molecule has 0 aliphatic carbocycles. The van der Waals surface area contributed by atoms with Crippen LogP contribution in [0.3, 0.4) is 0 Å². The standard InChI is InChI=1S/C7H4BF2NO2/c9-5-1-2-6(10)7(8(12)13)4(5)3-11/h1-2,12-13H. The summed E-state index contributed by atoms with van der Waals surface area (Å²) >= 11 is 0. The first-order valence-corrected chi connectivity index (χ1v) is 3.32. The van der Waals surface area contributed by atoms with Crippen molar-refractivity contribution in [2.24, 2.45) is 0 Å². The van der Waals surface area contributed by atoms with E-state index in [9.17, 15) is 8.78 Å². The normalized spacial score (nSPS) is 9.46. The van der Waals surface area contributed by atoms with E-state index in [0.29, 0.717) is 0 Å². The quantitative estimate of drug-likeness (QED) is 0.577. The third-order valence-electron chi connectivity index (χ3n) is 1.51. The smallest absolute Gasteiger partial charge is 0.423 e. The number of benzene rings is 1. The Balaban J connectivity index is 3.46. The summed E-state index contributed by atoms with van der Waals surface area (Å²) in [6.07, 6.45) is 0. The third-order valence-corrected chi connectivity index (χ3v) is 1.51. The molecule has 1 aromatic rings. The fourth-order valence-electron chi connectivity index (χ4n) is 0.934. The molecular weight excluding hydrogens is 179 g/mol. The fourth-order valence-corrected chi connectivity index (χ4v) is 0.934. The second-order valence-corrected chi connectivity index (χ2v) is 2.30. The second kappa shape index (κ2) is 3.52. The molecule has 1 rings (SSSR count). The van der Waals surface area contributed by atoms with Crippen LogP contribution in [0, 0.1) is 23.0 Å². The van der Waals surface area contributed by atoms with Crippen LogP contribution in [0.4, 0.5) is 8.78 Å². The molecule has 66 valence electrons. The Morgan fingerprint density at radius 2 is 1.77 bits per heavy atom. The number of halogens is 2. The zero-order chi connectivity index (χ0) is 10.0. The minimum Gasteiger partial charge on any atom is -0.423 e. The molecular formula is C7H4BF2NO2. The van der Waals surface area contributed by atoms with Gasteiger partial charge in [0.25, 0.3) is 0 Å². The van der Waals surface area contributed by atoms with Gasteiger partial charge in [-0.15, -0.1) is 0 Å². The summed E-state index contributed by atoms with van der Waals surface area (Å²) in [5.41, 5.74) is -1.42. The average Bonchev–Trinajstić information content (AvgIpc) is 2.07. The maximum Gasteiger partial charge on any atom is 0.492 e. The molecule has 0 atom stereocenters. The van der Waals surface area contributed by atoms with Crippen molar-refractivity contribution in [1.29, 1.82) is 5.26 Å². The van der Waals surface area contributed by atoms with E-state index in [2.05, 4.69) is 0 Å². The van der Waals surface area contributed by atoms with Crippen molar-refractivity contribution in [3.63, 3.8) is 0 Å². The molecule has 3 nitrogen and oxygen atoms in total. The minimum absolute atomic E-state index is 0.685. The van der Waals surface area contributed by atoms with Crippen LogP contribution in [-0.2, 0) is 0 Å². The molecule has 0 radical (unpaired) electrons. The maximum atomic E-state index is 12.8. The van der Waals surface area contributed by atoms with Crippen LogP contribution in [0.1, 0.15) is 5.56 Å². The van der Waals surface area contributed by atoms with Crippen LogP contribution < -0.4 is 5.46 Å². The Morgan fingerprint density at radius 3 is 2.15 bits per heavy atom. The Hall–Kier alpha value is -1.45. The SMILES string of the molecule is N#Cc1c(F)ccc(F)c1B(O)O. The fraction of sp³-hybridized carbons (Fsp3) is 0. The van der Waals surface area contributed by atoms with Crippen molar-refractivity contribution < 1.29 is 18.8 Å². The predicted octanol–water partition coefficient (Wildman–Crippen LogP) is -0.484. The Bertz CT molecular complexity index is 375. The van der Waals surface area contributed by atoms with Gasteiger partial charge in [-0.1, -0.05) is 0 Å². The topological polar surface area (TPSA) is 64.2 Å². The van der Waals surface area contributed by atoms with Gasteiger partial charge in [-0.25, -0.2) is 8.78 Å². The van der Waals surface area contributed by atoms with Crippen LogP contribution in [0.15, 0.2) is 12.1 Å². The van der Waals surface area contributed by atoms with Crippen LogP contribution in [0.2, 0.25) is 0 Å². The lowest BCUT2D eigenvalue weighted by Gasteiger charge is -2.03. The zero-order valence-electron chi connectivity index (χ0n) is 6.33. The van der Waals surface area contributed by atoms with E-state index in [-0.39, 0.29) is 0 Å². The highest BCUT2D eigenvalue weighted by Gasteiger charge is 2.23. The predicted molar refractivity (Wildman–Crippen MR) is 40.9 cm³/mol. The van der Waals surface area contributed by atoms with E-state index < -0.39 is 29.8 Å². The first-order chi connectivity index (χ1) is 6.07. The molecule has 2 N–H and O–H groups in total. The molecule has 0 aromatic heterocycles. The third kappa shape index (κ3) is 1.66. The molecule has 0 saturated carbocycles. The molecule has 0 amide bonds. The lowest BCUT2D eigenvalue weighted by molar-refractivity contribution is 0.422. The van der Waals surface area contributed by atoms with Gasteiger partial charge in [0, 0.05) is 5.46 Å². The summed E-state index contributed by atoms with van der Waals surface area (Å²) in [5, 5.41) is 25.7. The number of nitrogens with zero attached hydrogens (tertiary/aromatic N) is 1. The second-order valence-electron chi connectivity index (χ2n) is 2.30. The van der Waals surface area contributed by atoms with Crippen LogP contribution in [-0.4, -0.2) is 17.2 Å². The van der Waals surface area contributed by atoms with Gasteiger partial charge in [0.05, 0.1) is 5.56 Å². The number of rotatable bonds is 1. The molecule has 0 spiro atoms. The zero-order valence-corrected chi connectivity index (χ0v) is 6.33. The average molecular weight is 183 g/mol. The highest BCUT2D eigenvalue weighted by molar-refractivity contribution is 6.59. The van der Waals surface area contributed by atoms with Gasteiger partial charge in [-0.3, -0.25) is 0 Å². The van der Waals surface area contributed by atoms with Crippen LogP contribution in [0.5, 0.6) is 0 Å². The molecule has 1 aromatic carbocycles. The first-order valence-electron chi connectivity index (χ1n) is 3.32. The summed E-state index contributed by atoms with van der Waals surface area (Å²) in [7, 11) is -2.19. The van der Waals surface area contributed by atoms with Crippen LogP contribution in [0.25, 0.3) is 0 Å². The molecule has 0 unspecified atom stereocenters. The van der Waals surface area contributed by atoms with Crippen molar-refractivity contribution >= 4 is 12.6 Å². The first kappa shape index (κ1) is 9.64.